The fourth-order valence-corrected chi connectivity index (χ4v) is 1.32. The van der Waals surface area contributed by atoms with E-state index in [9.17, 15) is 4.79 Å². The van der Waals surface area contributed by atoms with Gasteiger partial charge in [-0.25, -0.2) is 0 Å². The SMILES string of the molecule is C#CC(C)NC(=O)C(N)Cc1ccccc1. The van der Waals surface area contributed by atoms with E-state index in [0.717, 1.165) is 5.56 Å². The van der Waals surface area contributed by atoms with Gasteiger partial charge < -0.3 is 11.1 Å². The molecule has 0 saturated heterocycles. The van der Waals surface area contributed by atoms with Crippen LogP contribution in [0.1, 0.15) is 12.5 Å². The molecule has 0 aliphatic carbocycles. The molecular formula is C13H16N2O. The minimum Gasteiger partial charge on any atom is -0.341 e. The highest BCUT2D eigenvalue weighted by molar-refractivity contribution is 5.82. The Morgan fingerprint density at radius 2 is 2.12 bits per heavy atom. The van der Waals surface area contributed by atoms with Gasteiger partial charge in [0.05, 0.1) is 12.1 Å². The van der Waals surface area contributed by atoms with Crippen molar-refractivity contribution in [2.45, 2.75) is 25.4 Å². The summed E-state index contributed by atoms with van der Waals surface area (Å²) in [5.74, 6) is 2.21. The third-order valence-corrected chi connectivity index (χ3v) is 2.24. The Balaban J connectivity index is 2.50. The zero-order chi connectivity index (χ0) is 12.0. The lowest BCUT2D eigenvalue weighted by Gasteiger charge is -2.13. The molecule has 0 saturated carbocycles. The number of carbonyl (C=O) groups excluding carboxylic acids is 1. The van der Waals surface area contributed by atoms with Crippen molar-refractivity contribution in [1.29, 1.82) is 0 Å². The van der Waals surface area contributed by atoms with Crippen molar-refractivity contribution < 1.29 is 4.79 Å². The van der Waals surface area contributed by atoms with Gasteiger partial charge in [0.2, 0.25) is 5.91 Å². The van der Waals surface area contributed by atoms with E-state index < -0.39 is 6.04 Å². The zero-order valence-corrected chi connectivity index (χ0v) is 9.31. The molecule has 2 atom stereocenters. The number of nitrogens with two attached hydrogens (primary N) is 1. The summed E-state index contributed by atoms with van der Waals surface area (Å²) in [5.41, 5.74) is 6.81. The highest BCUT2D eigenvalue weighted by Crippen LogP contribution is 2.01. The fraction of sp³-hybridized carbons (Fsp3) is 0.308. The van der Waals surface area contributed by atoms with Crippen molar-refractivity contribution in [2.24, 2.45) is 5.73 Å². The van der Waals surface area contributed by atoms with E-state index in [1.165, 1.54) is 0 Å². The van der Waals surface area contributed by atoms with Gasteiger partial charge in [0.15, 0.2) is 0 Å². The molecule has 0 aliphatic heterocycles. The van der Waals surface area contributed by atoms with Crippen molar-refractivity contribution in [3.05, 3.63) is 35.9 Å². The van der Waals surface area contributed by atoms with Crippen molar-refractivity contribution in [3.63, 3.8) is 0 Å². The van der Waals surface area contributed by atoms with Crippen LogP contribution in [0.2, 0.25) is 0 Å². The largest absolute Gasteiger partial charge is 0.341 e. The normalized spacial score (nSPS) is 13.6. The van der Waals surface area contributed by atoms with Crippen LogP contribution >= 0.6 is 0 Å². The predicted octanol–water partition coefficient (Wildman–Crippen LogP) is 0.694. The van der Waals surface area contributed by atoms with Crippen LogP contribution < -0.4 is 11.1 Å². The van der Waals surface area contributed by atoms with Crippen LogP contribution in [0.25, 0.3) is 0 Å². The lowest BCUT2D eigenvalue weighted by atomic mass is 10.1. The van der Waals surface area contributed by atoms with E-state index >= 15 is 0 Å². The molecule has 1 aromatic rings. The molecule has 0 heterocycles. The summed E-state index contributed by atoms with van der Waals surface area (Å²) in [7, 11) is 0. The average molecular weight is 216 g/mol. The quantitative estimate of drug-likeness (QED) is 0.728. The molecule has 84 valence electrons. The Kier molecular flexibility index (Phi) is 4.56. The number of terminal acetylenes is 1. The molecule has 2 unspecified atom stereocenters. The van der Waals surface area contributed by atoms with E-state index in [1.54, 1.807) is 6.92 Å². The highest BCUT2D eigenvalue weighted by atomic mass is 16.2. The molecule has 3 nitrogen and oxygen atoms in total. The minimum atomic E-state index is -0.557. The maximum atomic E-state index is 11.6. The molecule has 1 aromatic carbocycles. The second kappa shape index (κ2) is 5.94. The van der Waals surface area contributed by atoms with Crippen LogP contribution in [0.15, 0.2) is 30.3 Å². The Labute approximate surface area is 96.0 Å². The molecule has 1 rings (SSSR count). The van der Waals surface area contributed by atoms with Gasteiger partial charge in [0.1, 0.15) is 0 Å². The molecule has 3 heteroatoms. The molecular weight excluding hydrogens is 200 g/mol. The van der Waals surface area contributed by atoms with Gasteiger partial charge in [0, 0.05) is 0 Å². The van der Waals surface area contributed by atoms with Gasteiger partial charge in [-0.05, 0) is 18.9 Å². The first kappa shape index (κ1) is 12.3. The number of carbonyl (C=O) groups is 1. The van der Waals surface area contributed by atoms with Crippen molar-refractivity contribution in [1.82, 2.24) is 5.32 Å². The molecule has 1 amide bonds. The van der Waals surface area contributed by atoms with Gasteiger partial charge in [-0.15, -0.1) is 6.42 Å². The summed E-state index contributed by atoms with van der Waals surface area (Å²) in [6, 6.07) is 8.81. The summed E-state index contributed by atoms with van der Waals surface area (Å²) in [5, 5.41) is 2.65. The van der Waals surface area contributed by atoms with E-state index in [2.05, 4.69) is 11.2 Å². The number of hydrogen-bond donors (Lipinski definition) is 2. The van der Waals surface area contributed by atoms with Crippen molar-refractivity contribution in [2.75, 3.05) is 0 Å². The van der Waals surface area contributed by atoms with Gasteiger partial charge in [0.25, 0.3) is 0 Å². The van der Waals surface area contributed by atoms with Gasteiger partial charge >= 0.3 is 0 Å². The molecule has 3 N–H and O–H groups in total. The summed E-state index contributed by atoms with van der Waals surface area (Å²) >= 11 is 0. The smallest absolute Gasteiger partial charge is 0.238 e. The topological polar surface area (TPSA) is 55.1 Å². The highest BCUT2D eigenvalue weighted by Gasteiger charge is 2.14. The Bertz CT molecular complexity index is 381. The molecule has 0 radical (unpaired) electrons. The van der Waals surface area contributed by atoms with E-state index in [-0.39, 0.29) is 11.9 Å². The Hall–Kier alpha value is -1.79. The third kappa shape index (κ3) is 3.76. The number of amides is 1. The van der Waals surface area contributed by atoms with Gasteiger partial charge in [-0.1, -0.05) is 36.3 Å². The fourth-order valence-electron chi connectivity index (χ4n) is 1.32. The van der Waals surface area contributed by atoms with E-state index in [4.69, 9.17) is 12.2 Å². The first-order valence-electron chi connectivity index (χ1n) is 5.19. The number of hydrogen-bond acceptors (Lipinski definition) is 2. The average Bonchev–Trinajstić information content (AvgIpc) is 2.30. The first-order chi connectivity index (χ1) is 7.63. The van der Waals surface area contributed by atoms with Crippen LogP contribution in [-0.2, 0) is 11.2 Å². The molecule has 16 heavy (non-hydrogen) atoms. The summed E-state index contributed by atoms with van der Waals surface area (Å²) in [6.45, 7) is 1.74. The minimum absolute atomic E-state index is 0.214. The maximum absolute atomic E-state index is 11.6. The summed E-state index contributed by atoms with van der Waals surface area (Å²) < 4.78 is 0. The third-order valence-electron chi connectivity index (χ3n) is 2.24. The number of benzene rings is 1. The molecule has 0 spiro atoms. The molecule has 0 fully saturated rings. The molecule has 0 bridgehead atoms. The summed E-state index contributed by atoms with van der Waals surface area (Å²) in [4.78, 5) is 11.6. The van der Waals surface area contributed by atoms with Crippen LogP contribution in [0.5, 0.6) is 0 Å². The van der Waals surface area contributed by atoms with Gasteiger partial charge in [-0.3, -0.25) is 4.79 Å². The second-order valence-corrected chi connectivity index (χ2v) is 3.69. The zero-order valence-electron chi connectivity index (χ0n) is 9.31. The Morgan fingerprint density at radius 3 is 2.69 bits per heavy atom. The van der Waals surface area contributed by atoms with Crippen molar-refractivity contribution >= 4 is 5.91 Å². The second-order valence-electron chi connectivity index (χ2n) is 3.69. The number of rotatable bonds is 4. The van der Waals surface area contributed by atoms with E-state index in [0.29, 0.717) is 6.42 Å². The monoisotopic (exact) mass is 216 g/mol. The molecule has 0 aromatic heterocycles. The van der Waals surface area contributed by atoms with Crippen LogP contribution in [0.3, 0.4) is 0 Å². The number of nitrogens with one attached hydrogen (secondary N) is 1. The summed E-state index contributed by atoms with van der Waals surface area (Å²) in [6.07, 6.45) is 5.69. The van der Waals surface area contributed by atoms with Crippen LogP contribution in [0, 0.1) is 12.3 Å². The Morgan fingerprint density at radius 1 is 1.50 bits per heavy atom. The lowest BCUT2D eigenvalue weighted by molar-refractivity contribution is -0.122. The van der Waals surface area contributed by atoms with Crippen molar-refractivity contribution in [3.8, 4) is 12.3 Å². The maximum Gasteiger partial charge on any atom is 0.238 e. The lowest BCUT2D eigenvalue weighted by Crippen LogP contribution is -2.45. The predicted molar refractivity (Wildman–Crippen MR) is 64.6 cm³/mol. The van der Waals surface area contributed by atoms with Crippen LogP contribution in [-0.4, -0.2) is 18.0 Å². The van der Waals surface area contributed by atoms with E-state index in [1.807, 2.05) is 30.3 Å². The van der Waals surface area contributed by atoms with Crippen LogP contribution in [0.4, 0.5) is 0 Å². The first-order valence-corrected chi connectivity index (χ1v) is 5.19. The molecule has 0 aliphatic rings. The van der Waals surface area contributed by atoms with Gasteiger partial charge in [-0.2, -0.15) is 0 Å². The standard InChI is InChI=1S/C13H16N2O/c1-3-10(2)15-13(16)12(14)9-11-7-5-4-6-8-11/h1,4-8,10,12H,9,14H2,2H3,(H,15,16).